The largest absolute Gasteiger partial charge is 0.326 e. The summed E-state index contributed by atoms with van der Waals surface area (Å²) in [7, 11) is 0. The number of nitrogens with zero attached hydrogens (tertiary/aromatic N) is 1. The van der Waals surface area contributed by atoms with Gasteiger partial charge in [-0.15, -0.1) is 0 Å². The highest BCUT2D eigenvalue weighted by Gasteiger charge is 2.05. The SMILES string of the molecule is Cc1cncc(NC(=O)c2ccc(CN)cc2)c1. The van der Waals surface area contributed by atoms with Crippen molar-refractivity contribution >= 4 is 11.6 Å². The maximum Gasteiger partial charge on any atom is 0.255 e. The van der Waals surface area contributed by atoms with Gasteiger partial charge in [0.05, 0.1) is 11.9 Å². The summed E-state index contributed by atoms with van der Waals surface area (Å²) in [5, 5.41) is 2.80. The van der Waals surface area contributed by atoms with Gasteiger partial charge in [-0.3, -0.25) is 9.78 Å². The maximum absolute atomic E-state index is 12.0. The number of nitrogens with two attached hydrogens (primary N) is 1. The standard InChI is InChI=1S/C14H15N3O/c1-10-6-13(9-16-8-10)17-14(18)12-4-2-11(7-15)3-5-12/h2-6,8-9H,7,15H2,1H3,(H,17,18). The summed E-state index contributed by atoms with van der Waals surface area (Å²) in [4.78, 5) is 16.0. The van der Waals surface area contributed by atoms with E-state index in [1.54, 1.807) is 24.5 Å². The van der Waals surface area contributed by atoms with E-state index in [0.717, 1.165) is 11.1 Å². The number of hydrogen-bond donors (Lipinski definition) is 2. The fraction of sp³-hybridized carbons (Fsp3) is 0.143. The third-order valence-electron chi connectivity index (χ3n) is 2.58. The van der Waals surface area contributed by atoms with Crippen molar-refractivity contribution in [1.29, 1.82) is 0 Å². The molecule has 0 saturated carbocycles. The Bertz CT molecular complexity index is 549. The van der Waals surface area contributed by atoms with Crippen LogP contribution in [0.2, 0.25) is 0 Å². The van der Waals surface area contributed by atoms with Gasteiger partial charge in [0, 0.05) is 18.3 Å². The van der Waals surface area contributed by atoms with E-state index in [9.17, 15) is 4.79 Å². The second kappa shape index (κ2) is 5.42. The van der Waals surface area contributed by atoms with Crippen LogP contribution >= 0.6 is 0 Å². The zero-order valence-corrected chi connectivity index (χ0v) is 10.2. The molecule has 0 aliphatic rings. The number of carbonyl (C=O) groups is 1. The van der Waals surface area contributed by atoms with Gasteiger partial charge in [-0.1, -0.05) is 12.1 Å². The molecular formula is C14H15N3O. The van der Waals surface area contributed by atoms with Crippen LogP contribution in [-0.2, 0) is 6.54 Å². The third-order valence-corrected chi connectivity index (χ3v) is 2.58. The van der Waals surface area contributed by atoms with Crippen molar-refractivity contribution in [2.24, 2.45) is 5.73 Å². The van der Waals surface area contributed by atoms with E-state index in [2.05, 4.69) is 10.3 Å². The number of nitrogens with one attached hydrogen (secondary N) is 1. The molecule has 3 N–H and O–H groups in total. The molecular weight excluding hydrogens is 226 g/mol. The van der Waals surface area contributed by atoms with Crippen molar-refractivity contribution in [2.45, 2.75) is 13.5 Å². The van der Waals surface area contributed by atoms with Gasteiger partial charge >= 0.3 is 0 Å². The molecule has 2 rings (SSSR count). The van der Waals surface area contributed by atoms with Crippen LogP contribution in [0, 0.1) is 6.92 Å². The topological polar surface area (TPSA) is 68.0 Å². The van der Waals surface area contributed by atoms with Gasteiger partial charge in [0.15, 0.2) is 0 Å². The Hall–Kier alpha value is -2.20. The van der Waals surface area contributed by atoms with E-state index in [0.29, 0.717) is 17.8 Å². The van der Waals surface area contributed by atoms with Crippen LogP contribution in [0.15, 0.2) is 42.7 Å². The molecule has 0 radical (unpaired) electrons. The Balaban J connectivity index is 2.11. The highest BCUT2D eigenvalue weighted by atomic mass is 16.1. The van der Waals surface area contributed by atoms with Crippen LogP contribution < -0.4 is 11.1 Å². The van der Waals surface area contributed by atoms with Gasteiger partial charge in [-0.25, -0.2) is 0 Å². The Morgan fingerprint density at radius 2 is 2.00 bits per heavy atom. The Labute approximate surface area is 106 Å². The van der Waals surface area contributed by atoms with Crippen molar-refractivity contribution in [3.63, 3.8) is 0 Å². The summed E-state index contributed by atoms with van der Waals surface area (Å²) < 4.78 is 0. The first-order valence-electron chi connectivity index (χ1n) is 5.71. The van der Waals surface area contributed by atoms with E-state index in [-0.39, 0.29) is 5.91 Å². The summed E-state index contributed by atoms with van der Waals surface area (Å²) in [5.41, 5.74) is 8.82. The predicted molar refractivity (Wildman–Crippen MR) is 71.3 cm³/mol. The smallest absolute Gasteiger partial charge is 0.255 e. The van der Waals surface area contributed by atoms with Gasteiger partial charge in [-0.2, -0.15) is 0 Å². The van der Waals surface area contributed by atoms with Gasteiger partial charge in [0.25, 0.3) is 5.91 Å². The van der Waals surface area contributed by atoms with Crippen LogP contribution in [-0.4, -0.2) is 10.9 Å². The fourth-order valence-electron chi connectivity index (χ4n) is 1.62. The maximum atomic E-state index is 12.0. The number of pyridine rings is 1. The molecule has 1 heterocycles. The highest BCUT2D eigenvalue weighted by Crippen LogP contribution is 2.10. The number of rotatable bonds is 3. The average molecular weight is 241 g/mol. The average Bonchev–Trinajstić information content (AvgIpc) is 2.39. The van der Waals surface area contributed by atoms with Crippen molar-refractivity contribution in [1.82, 2.24) is 4.98 Å². The van der Waals surface area contributed by atoms with Crippen molar-refractivity contribution in [3.8, 4) is 0 Å². The molecule has 1 aromatic carbocycles. The van der Waals surface area contributed by atoms with Crippen LogP contribution in [0.5, 0.6) is 0 Å². The molecule has 4 nitrogen and oxygen atoms in total. The lowest BCUT2D eigenvalue weighted by molar-refractivity contribution is 0.102. The number of hydrogen-bond acceptors (Lipinski definition) is 3. The highest BCUT2D eigenvalue weighted by molar-refractivity contribution is 6.04. The zero-order valence-electron chi connectivity index (χ0n) is 10.2. The lowest BCUT2D eigenvalue weighted by Crippen LogP contribution is -2.12. The molecule has 0 unspecified atom stereocenters. The second-order valence-corrected chi connectivity index (χ2v) is 4.11. The van der Waals surface area contributed by atoms with Crippen LogP contribution in [0.4, 0.5) is 5.69 Å². The summed E-state index contributed by atoms with van der Waals surface area (Å²) in [6.07, 6.45) is 3.37. The number of aryl methyl sites for hydroxylation is 1. The minimum absolute atomic E-state index is 0.147. The summed E-state index contributed by atoms with van der Waals surface area (Å²) in [6, 6.07) is 9.10. The van der Waals surface area contributed by atoms with Crippen molar-refractivity contribution in [3.05, 3.63) is 59.4 Å². The number of carbonyl (C=O) groups excluding carboxylic acids is 1. The van der Waals surface area contributed by atoms with Crippen molar-refractivity contribution in [2.75, 3.05) is 5.32 Å². The number of anilines is 1. The van der Waals surface area contributed by atoms with Crippen LogP contribution in [0.1, 0.15) is 21.5 Å². The lowest BCUT2D eigenvalue weighted by atomic mass is 10.1. The molecule has 0 atom stereocenters. The summed E-state index contributed by atoms with van der Waals surface area (Å²) in [6.45, 7) is 2.41. The molecule has 2 aromatic rings. The van der Waals surface area contributed by atoms with E-state index in [1.165, 1.54) is 0 Å². The first-order valence-corrected chi connectivity index (χ1v) is 5.71. The van der Waals surface area contributed by atoms with Gasteiger partial charge in [-0.05, 0) is 36.2 Å². The van der Waals surface area contributed by atoms with Crippen LogP contribution in [0.25, 0.3) is 0 Å². The fourth-order valence-corrected chi connectivity index (χ4v) is 1.62. The molecule has 92 valence electrons. The normalized spacial score (nSPS) is 10.1. The number of benzene rings is 1. The summed E-state index contributed by atoms with van der Waals surface area (Å²) >= 11 is 0. The molecule has 4 heteroatoms. The molecule has 0 aliphatic carbocycles. The minimum Gasteiger partial charge on any atom is -0.326 e. The molecule has 1 amide bonds. The lowest BCUT2D eigenvalue weighted by Gasteiger charge is -2.06. The van der Waals surface area contributed by atoms with E-state index in [1.807, 2.05) is 25.1 Å². The van der Waals surface area contributed by atoms with Crippen LogP contribution in [0.3, 0.4) is 0 Å². The van der Waals surface area contributed by atoms with E-state index in [4.69, 9.17) is 5.73 Å². The Morgan fingerprint density at radius 3 is 2.61 bits per heavy atom. The molecule has 1 aromatic heterocycles. The quantitative estimate of drug-likeness (QED) is 0.864. The third kappa shape index (κ3) is 2.93. The zero-order chi connectivity index (χ0) is 13.0. The minimum atomic E-state index is -0.147. The summed E-state index contributed by atoms with van der Waals surface area (Å²) in [5.74, 6) is -0.147. The molecule has 0 bridgehead atoms. The predicted octanol–water partition coefficient (Wildman–Crippen LogP) is 2.10. The molecule has 0 aliphatic heterocycles. The second-order valence-electron chi connectivity index (χ2n) is 4.11. The molecule has 0 saturated heterocycles. The van der Waals surface area contributed by atoms with E-state index < -0.39 is 0 Å². The monoisotopic (exact) mass is 241 g/mol. The van der Waals surface area contributed by atoms with E-state index >= 15 is 0 Å². The van der Waals surface area contributed by atoms with Crippen molar-refractivity contribution < 1.29 is 4.79 Å². The van der Waals surface area contributed by atoms with Gasteiger partial charge in [0.2, 0.25) is 0 Å². The number of amides is 1. The first kappa shape index (κ1) is 12.3. The Morgan fingerprint density at radius 1 is 1.28 bits per heavy atom. The van der Waals surface area contributed by atoms with Gasteiger partial charge < -0.3 is 11.1 Å². The molecule has 0 spiro atoms. The van der Waals surface area contributed by atoms with Gasteiger partial charge in [0.1, 0.15) is 0 Å². The first-order chi connectivity index (χ1) is 8.69. The molecule has 18 heavy (non-hydrogen) atoms. The number of aromatic nitrogens is 1. The molecule has 0 fully saturated rings. The Kier molecular flexibility index (Phi) is 3.69.